The number of aliphatic imine (C=N–C) groups is 1. The molecule has 1 aromatic rings. The Hall–Kier alpha value is -1.65. The van der Waals surface area contributed by atoms with Gasteiger partial charge >= 0.3 is 12.1 Å². The number of rotatable bonds is 2. The first-order valence-corrected chi connectivity index (χ1v) is 11.4. The molecule has 3 rings (SSSR count). The fraction of sp³-hybridized carbons (Fsp3) is 0.588. The minimum absolute atomic E-state index is 0.0119. The molecule has 0 bridgehead atoms. The van der Waals surface area contributed by atoms with Gasteiger partial charge in [0.25, 0.3) is 0 Å². The summed E-state index contributed by atoms with van der Waals surface area (Å²) >= 11 is 7.08. The third-order valence-corrected chi connectivity index (χ3v) is 9.09. The number of hydrogen-bond donors (Lipinski definition) is 2. The van der Waals surface area contributed by atoms with Gasteiger partial charge in [0.2, 0.25) is 0 Å². The molecule has 28 heavy (non-hydrogen) atoms. The summed E-state index contributed by atoms with van der Waals surface area (Å²) in [5.41, 5.74) is -2.07. The zero-order chi connectivity index (χ0) is 21.1. The molecule has 8 nitrogen and oxygen atoms in total. The summed E-state index contributed by atoms with van der Waals surface area (Å²) in [4.78, 5) is 28.4. The topological polar surface area (TPSA) is 122 Å². The molecule has 1 spiro atoms. The number of carbonyl (C=O) groups excluding carboxylic acids is 1. The van der Waals surface area contributed by atoms with Gasteiger partial charge in [-0.15, -0.1) is 11.3 Å². The lowest BCUT2D eigenvalue weighted by Gasteiger charge is -2.35. The Bertz CT molecular complexity index is 988. The molecule has 1 aromatic heterocycles. The first-order chi connectivity index (χ1) is 12.7. The van der Waals surface area contributed by atoms with Crippen molar-refractivity contribution in [2.75, 3.05) is 5.75 Å². The second-order valence-electron chi connectivity index (χ2n) is 8.21. The summed E-state index contributed by atoms with van der Waals surface area (Å²) in [6, 6.07) is 1.28. The van der Waals surface area contributed by atoms with Crippen LogP contribution in [0.1, 0.15) is 55.1 Å². The molecule has 0 radical (unpaired) electrons. The number of ether oxygens (including phenoxy) is 1. The fourth-order valence-corrected chi connectivity index (χ4v) is 7.10. The largest absolute Gasteiger partial charge is 0.477 e. The van der Waals surface area contributed by atoms with Gasteiger partial charge in [-0.3, -0.25) is 10.3 Å². The van der Waals surface area contributed by atoms with Crippen molar-refractivity contribution in [3.8, 4) is 0 Å². The minimum atomic E-state index is -3.67. The van der Waals surface area contributed by atoms with Crippen LogP contribution in [0.15, 0.2) is 11.1 Å². The molecule has 2 N–H and O–H groups in total. The van der Waals surface area contributed by atoms with Gasteiger partial charge in [0.05, 0.1) is 15.7 Å². The molecule has 1 fully saturated rings. The Labute approximate surface area is 171 Å². The summed E-state index contributed by atoms with van der Waals surface area (Å²) in [7, 11) is -3.67. The predicted octanol–water partition coefficient (Wildman–Crippen LogP) is 3.20. The van der Waals surface area contributed by atoms with Gasteiger partial charge in [-0.25, -0.2) is 18.0 Å². The molecule has 154 valence electrons. The predicted molar refractivity (Wildman–Crippen MR) is 106 cm³/mol. The Kier molecular flexibility index (Phi) is 4.84. The second-order valence-corrected chi connectivity index (χ2v) is 12.0. The van der Waals surface area contributed by atoms with Gasteiger partial charge < -0.3 is 9.84 Å². The fourth-order valence-electron chi connectivity index (χ4n) is 3.20. The van der Waals surface area contributed by atoms with Crippen LogP contribution in [0.5, 0.6) is 0 Å². The first kappa shape index (κ1) is 21.1. The van der Waals surface area contributed by atoms with E-state index in [1.165, 1.54) is 6.07 Å². The molecule has 1 saturated carbocycles. The van der Waals surface area contributed by atoms with E-state index >= 15 is 0 Å². The molecular weight excluding hydrogens is 428 g/mol. The molecule has 0 saturated heterocycles. The zero-order valence-electron chi connectivity index (χ0n) is 15.8. The smallest absolute Gasteiger partial charge is 0.413 e. The normalized spacial score (nSPS) is 25.1. The number of nitrogens with zero attached hydrogens (tertiary/aromatic N) is 1. The summed E-state index contributed by atoms with van der Waals surface area (Å²) in [6.07, 6.45) is -0.0718. The summed E-state index contributed by atoms with van der Waals surface area (Å²) in [5, 5.41) is 11.8. The van der Waals surface area contributed by atoms with Crippen LogP contribution < -0.4 is 5.32 Å². The molecule has 1 atom stereocenters. The van der Waals surface area contributed by atoms with Crippen LogP contribution in [0.25, 0.3) is 0 Å². The average molecular weight is 449 g/mol. The van der Waals surface area contributed by atoms with E-state index in [2.05, 4.69) is 10.3 Å². The standard InChI is InChI=1S/C17H21ClN2O6S2/c1-15(2,3)26-14(23)19-13-17(5-6-17)28(24,25)8-16(4,20-13)11-9(18)7-10(27-11)12(21)22/h7H,5-6,8H2,1-4H3,(H,21,22)(H,19,20,23)/t16-/m0/s1. The van der Waals surface area contributed by atoms with Crippen molar-refractivity contribution in [2.45, 2.75) is 56.4 Å². The van der Waals surface area contributed by atoms with Gasteiger partial charge in [-0.2, -0.15) is 0 Å². The van der Waals surface area contributed by atoms with Crippen LogP contribution in [0, 0.1) is 0 Å². The van der Waals surface area contributed by atoms with Gasteiger partial charge in [0.15, 0.2) is 9.84 Å². The van der Waals surface area contributed by atoms with Gasteiger partial charge in [-0.1, -0.05) is 11.6 Å². The molecule has 0 aromatic carbocycles. The van der Waals surface area contributed by atoms with Crippen LogP contribution in [-0.4, -0.2) is 47.5 Å². The van der Waals surface area contributed by atoms with Crippen molar-refractivity contribution in [1.29, 1.82) is 0 Å². The van der Waals surface area contributed by atoms with Crippen LogP contribution in [0.4, 0.5) is 4.79 Å². The summed E-state index contributed by atoms with van der Waals surface area (Å²) < 4.78 is 30.1. The molecular formula is C17H21ClN2O6S2. The van der Waals surface area contributed by atoms with E-state index in [-0.39, 0.29) is 21.5 Å². The van der Waals surface area contributed by atoms with Crippen LogP contribution in [-0.2, 0) is 20.1 Å². The van der Waals surface area contributed by atoms with E-state index in [1.54, 1.807) is 27.7 Å². The van der Waals surface area contributed by atoms with Crippen molar-refractivity contribution < 1.29 is 27.9 Å². The van der Waals surface area contributed by atoms with Crippen LogP contribution >= 0.6 is 22.9 Å². The highest BCUT2D eigenvalue weighted by atomic mass is 35.5. The number of carboxylic acid groups (broad SMARTS) is 1. The van der Waals surface area contributed by atoms with Gasteiger partial charge in [0, 0.05) is 0 Å². The van der Waals surface area contributed by atoms with Crippen LogP contribution in [0.3, 0.4) is 0 Å². The van der Waals surface area contributed by atoms with E-state index in [1.807, 2.05) is 0 Å². The highest BCUT2D eigenvalue weighted by Gasteiger charge is 2.64. The SMILES string of the molecule is CC(C)(C)OC(=O)NC1=N[C@](C)(c2sc(C(=O)O)cc2Cl)CS(=O)(=O)C12CC2. The number of amidine groups is 1. The van der Waals surface area contributed by atoms with Crippen molar-refractivity contribution in [2.24, 2.45) is 4.99 Å². The third kappa shape index (κ3) is 3.65. The van der Waals surface area contributed by atoms with E-state index in [4.69, 9.17) is 16.3 Å². The van der Waals surface area contributed by atoms with E-state index in [9.17, 15) is 23.1 Å². The lowest BCUT2D eigenvalue weighted by molar-refractivity contribution is 0.0560. The maximum atomic E-state index is 13.1. The highest BCUT2D eigenvalue weighted by Crippen LogP contribution is 2.52. The molecule has 1 aliphatic heterocycles. The van der Waals surface area contributed by atoms with Crippen molar-refractivity contribution in [1.82, 2.24) is 5.32 Å². The number of hydrogen-bond acceptors (Lipinski definition) is 7. The number of nitrogens with one attached hydrogen (secondary N) is 1. The Morgan fingerprint density at radius 2 is 1.96 bits per heavy atom. The van der Waals surface area contributed by atoms with Gasteiger partial charge in [-0.05, 0) is 46.6 Å². The quantitative estimate of drug-likeness (QED) is 0.716. The molecule has 2 heterocycles. The third-order valence-electron chi connectivity index (χ3n) is 4.57. The monoisotopic (exact) mass is 448 g/mol. The molecule has 11 heteroatoms. The summed E-state index contributed by atoms with van der Waals surface area (Å²) in [6.45, 7) is 6.66. The maximum Gasteiger partial charge on any atom is 0.413 e. The molecule has 2 aliphatic rings. The number of alkyl carbamates (subject to hydrolysis) is 1. The van der Waals surface area contributed by atoms with Gasteiger partial charge in [0.1, 0.15) is 26.6 Å². The van der Waals surface area contributed by atoms with E-state index in [0.29, 0.717) is 17.7 Å². The maximum absolute atomic E-state index is 13.1. The number of halogens is 1. The Morgan fingerprint density at radius 3 is 2.43 bits per heavy atom. The van der Waals surface area contributed by atoms with Crippen molar-refractivity contribution >= 4 is 50.7 Å². The molecule has 0 unspecified atom stereocenters. The molecule has 1 amide bonds. The Balaban J connectivity index is 2.05. The number of aromatic carboxylic acids is 1. The number of carbonyl (C=O) groups is 2. The van der Waals surface area contributed by atoms with E-state index in [0.717, 1.165) is 11.3 Å². The first-order valence-electron chi connectivity index (χ1n) is 8.55. The lowest BCUT2D eigenvalue weighted by Crippen LogP contribution is -2.53. The Morgan fingerprint density at radius 1 is 1.36 bits per heavy atom. The highest BCUT2D eigenvalue weighted by molar-refractivity contribution is 7.94. The summed E-state index contributed by atoms with van der Waals surface area (Å²) in [5.74, 6) is -1.45. The molecule has 1 aliphatic carbocycles. The number of amides is 1. The van der Waals surface area contributed by atoms with E-state index < -0.39 is 37.8 Å². The lowest BCUT2D eigenvalue weighted by atomic mass is 10.0. The van der Waals surface area contributed by atoms with Crippen LogP contribution in [0.2, 0.25) is 5.02 Å². The van der Waals surface area contributed by atoms with Crippen molar-refractivity contribution in [3.05, 3.63) is 20.8 Å². The number of carboxylic acids is 1. The zero-order valence-corrected chi connectivity index (χ0v) is 18.2. The average Bonchev–Trinajstić information content (AvgIpc) is 3.20. The second kappa shape index (κ2) is 6.43. The number of sulfone groups is 1. The van der Waals surface area contributed by atoms with Crippen molar-refractivity contribution in [3.63, 3.8) is 0 Å². The number of thiophene rings is 1. The minimum Gasteiger partial charge on any atom is -0.477 e.